The van der Waals surface area contributed by atoms with Gasteiger partial charge >= 0.3 is 0 Å². The zero-order valence-corrected chi connectivity index (χ0v) is 6.35. The van der Waals surface area contributed by atoms with Crippen LogP contribution < -0.4 is 0 Å². The maximum atomic E-state index is 3.86. The van der Waals surface area contributed by atoms with Gasteiger partial charge in [-0.3, -0.25) is 0 Å². The summed E-state index contributed by atoms with van der Waals surface area (Å²) in [5, 5.41) is 0. The third-order valence-corrected chi connectivity index (χ3v) is 0.713. The molecule has 3 heteroatoms. The van der Waals surface area contributed by atoms with Crippen LogP contribution in [0.4, 0.5) is 0 Å². The summed E-state index contributed by atoms with van der Waals surface area (Å²) in [6, 6.07) is 0. The van der Waals surface area contributed by atoms with Crippen molar-refractivity contribution in [2.24, 2.45) is 0 Å². The van der Waals surface area contributed by atoms with Crippen molar-refractivity contribution < 1.29 is 22.4 Å². The minimum Gasteiger partial charge on any atom is -0.345 e. The van der Waals surface area contributed by atoms with Gasteiger partial charge in [0.25, 0.3) is 0 Å². The second-order valence-corrected chi connectivity index (χ2v) is 1.18. The van der Waals surface area contributed by atoms with E-state index in [4.69, 9.17) is 0 Å². The topological polar surface area (TPSA) is 28.7 Å². The van der Waals surface area contributed by atoms with Crippen LogP contribution in [0.15, 0.2) is 19.0 Å². The van der Waals surface area contributed by atoms with Crippen molar-refractivity contribution in [2.45, 2.75) is 0 Å². The van der Waals surface area contributed by atoms with E-state index >= 15 is 0 Å². The van der Waals surface area contributed by atoms with E-state index < -0.39 is 0 Å². The average Bonchev–Trinajstić information content (AvgIpc) is 2.14. The Balaban J connectivity index is 0.000000490. The summed E-state index contributed by atoms with van der Waals surface area (Å²) in [5.74, 6) is 0.819. The molecule has 1 heterocycles. The summed E-state index contributed by atoms with van der Waals surface area (Å²) in [5.41, 5.74) is 0. The minimum absolute atomic E-state index is 0. The number of H-pyrrole nitrogens is 1. The van der Waals surface area contributed by atoms with Crippen LogP contribution in [-0.4, -0.2) is 9.97 Å². The van der Waals surface area contributed by atoms with Gasteiger partial charge in [0.05, 0.1) is 0 Å². The summed E-state index contributed by atoms with van der Waals surface area (Å²) in [7, 11) is 0. The molecule has 47 valence electrons. The molecule has 0 saturated heterocycles. The Morgan fingerprint density at radius 1 is 1.75 bits per heavy atom. The fraction of sp³-hybridized carbons (Fsp3) is 0. The van der Waals surface area contributed by atoms with Gasteiger partial charge in [-0.2, -0.15) is 0 Å². The largest absolute Gasteiger partial charge is 0.345 e. The minimum atomic E-state index is 0. The molecule has 0 amide bonds. The molecule has 0 aliphatic carbocycles. The SMILES string of the molecule is C=Cc1ncc[nH]1.[Au]. The van der Waals surface area contributed by atoms with Crippen LogP contribution >= 0.6 is 0 Å². The summed E-state index contributed by atoms with van der Waals surface area (Å²) < 4.78 is 0. The number of hydrogen-bond donors (Lipinski definition) is 1. The second-order valence-electron chi connectivity index (χ2n) is 1.18. The standard InChI is InChI=1S/C5H6N2.Au/c1-2-5-6-3-4-7-5;/h2-4H,1H2,(H,6,7);. The van der Waals surface area contributed by atoms with Gasteiger partial charge in [-0.15, -0.1) is 0 Å². The molecule has 0 aromatic carbocycles. The number of hydrogen-bond acceptors (Lipinski definition) is 1. The molecule has 0 unspecified atom stereocenters. The third-order valence-electron chi connectivity index (χ3n) is 0.713. The van der Waals surface area contributed by atoms with Crippen molar-refractivity contribution >= 4 is 6.08 Å². The summed E-state index contributed by atoms with van der Waals surface area (Å²) in [4.78, 5) is 6.72. The fourth-order valence-corrected chi connectivity index (χ4v) is 0.389. The van der Waals surface area contributed by atoms with Crippen LogP contribution in [0.25, 0.3) is 6.08 Å². The molecule has 0 bridgehead atoms. The molecule has 2 nitrogen and oxygen atoms in total. The van der Waals surface area contributed by atoms with Crippen LogP contribution in [0.1, 0.15) is 5.82 Å². The van der Waals surface area contributed by atoms with Crippen molar-refractivity contribution in [3.63, 3.8) is 0 Å². The summed E-state index contributed by atoms with van der Waals surface area (Å²) >= 11 is 0. The molecule has 0 saturated carbocycles. The molecule has 1 rings (SSSR count). The van der Waals surface area contributed by atoms with Crippen molar-refractivity contribution in [3.8, 4) is 0 Å². The monoisotopic (exact) mass is 291 g/mol. The number of aromatic amines is 1. The van der Waals surface area contributed by atoms with Gasteiger partial charge in [0, 0.05) is 34.8 Å². The molecule has 8 heavy (non-hydrogen) atoms. The number of nitrogens with one attached hydrogen (secondary N) is 1. The second kappa shape index (κ2) is 3.66. The quantitative estimate of drug-likeness (QED) is 0.770. The number of imidazole rings is 1. The van der Waals surface area contributed by atoms with E-state index in [2.05, 4.69) is 16.5 Å². The molecule has 0 spiro atoms. The summed E-state index contributed by atoms with van der Waals surface area (Å²) in [6.07, 6.45) is 5.12. The molecule has 0 aliphatic heterocycles. The van der Waals surface area contributed by atoms with Crippen LogP contribution in [0, 0.1) is 0 Å². The maximum Gasteiger partial charge on any atom is 0.129 e. The first-order valence-electron chi connectivity index (χ1n) is 2.05. The molecule has 1 radical (unpaired) electrons. The number of aromatic nitrogens is 2. The van der Waals surface area contributed by atoms with Gasteiger partial charge in [-0.05, 0) is 6.08 Å². The van der Waals surface area contributed by atoms with Crippen LogP contribution in [0.3, 0.4) is 0 Å². The smallest absolute Gasteiger partial charge is 0.129 e. The van der Waals surface area contributed by atoms with E-state index in [0.717, 1.165) is 5.82 Å². The normalized spacial score (nSPS) is 7.50. The third kappa shape index (κ3) is 1.66. The van der Waals surface area contributed by atoms with E-state index in [9.17, 15) is 0 Å². The zero-order valence-electron chi connectivity index (χ0n) is 4.19. The van der Waals surface area contributed by atoms with Crippen molar-refractivity contribution in [3.05, 3.63) is 24.8 Å². The van der Waals surface area contributed by atoms with E-state index in [-0.39, 0.29) is 22.4 Å². The Labute approximate surface area is 63.5 Å². The van der Waals surface area contributed by atoms with Crippen molar-refractivity contribution in [2.75, 3.05) is 0 Å². The van der Waals surface area contributed by atoms with Crippen LogP contribution in [-0.2, 0) is 22.4 Å². The maximum absolute atomic E-state index is 3.86. The summed E-state index contributed by atoms with van der Waals surface area (Å²) in [6.45, 7) is 3.51. The molecule has 1 aromatic heterocycles. The zero-order chi connectivity index (χ0) is 5.11. The van der Waals surface area contributed by atoms with Gasteiger partial charge in [-0.25, -0.2) is 4.98 Å². The number of nitrogens with zero attached hydrogens (tertiary/aromatic N) is 1. The van der Waals surface area contributed by atoms with Crippen molar-refractivity contribution in [1.82, 2.24) is 9.97 Å². The Bertz CT molecular complexity index is 145. The first-order valence-corrected chi connectivity index (χ1v) is 2.05. The van der Waals surface area contributed by atoms with Gasteiger partial charge in [-0.1, -0.05) is 6.58 Å². The van der Waals surface area contributed by atoms with E-state index in [1.165, 1.54) is 0 Å². The average molecular weight is 291 g/mol. The predicted octanol–water partition coefficient (Wildman–Crippen LogP) is 1.05. The Morgan fingerprint density at radius 3 is 2.75 bits per heavy atom. The van der Waals surface area contributed by atoms with Gasteiger partial charge in [0.1, 0.15) is 5.82 Å². The van der Waals surface area contributed by atoms with Crippen LogP contribution in [0.5, 0.6) is 0 Å². The Hall–Kier alpha value is -0.310. The first-order chi connectivity index (χ1) is 3.43. The molecule has 0 fully saturated rings. The van der Waals surface area contributed by atoms with Crippen LogP contribution in [0.2, 0.25) is 0 Å². The van der Waals surface area contributed by atoms with E-state index in [1.807, 2.05) is 0 Å². The van der Waals surface area contributed by atoms with Gasteiger partial charge < -0.3 is 4.98 Å². The van der Waals surface area contributed by atoms with E-state index in [0.29, 0.717) is 0 Å². The molecule has 1 N–H and O–H groups in total. The number of rotatable bonds is 1. The van der Waals surface area contributed by atoms with E-state index in [1.54, 1.807) is 18.5 Å². The molecular formula is C5H6AuN2. The first kappa shape index (κ1) is 7.69. The molecule has 1 aromatic rings. The Kier molecular flexibility index (Phi) is 3.52. The Morgan fingerprint density at radius 2 is 2.50 bits per heavy atom. The molecule has 0 atom stereocenters. The van der Waals surface area contributed by atoms with Gasteiger partial charge in [0.2, 0.25) is 0 Å². The molecular weight excluding hydrogens is 285 g/mol. The predicted molar refractivity (Wildman–Crippen MR) is 28.7 cm³/mol. The van der Waals surface area contributed by atoms with Crippen molar-refractivity contribution in [1.29, 1.82) is 0 Å². The van der Waals surface area contributed by atoms with Gasteiger partial charge in [0.15, 0.2) is 0 Å². The molecule has 0 aliphatic rings. The fourth-order valence-electron chi connectivity index (χ4n) is 0.389.